The van der Waals surface area contributed by atoms with Crippen LogP contribution in [0.2, 0.25) is 0 Å². The van der Waals surface area contributed by atoms with E-state index in [0.717, 1.165) is 39.2 Å². The molecule has 0 fully saturated rings. The van der Waals surface area contributed by atoms with Crippen LogP contribution >= 0.6 is 0 Å². The van der Waals surface area contributed by atoms with E-state index in [-0.39, 0.29) is 0 Å². The fourth-order valence-corrected chi connectivity index (χ4v) is 3.86. The lowest BCUT2D eigenvalue weighted by atomic mass is 9.90. The molecule has 0 saturated carbocycles. The van der Waals surface area contributed by atoms with Crippen molar-refractivity contribution >= 4 is 33.6 Å². The first kappa shape index (κ1) is 15.6. The minimum absolute atomic E-state index is 0.592. The monoisotopic (exact) mass is 337 g/mol. The SMILES string of the molecule is COc1c(OC)c(OC)c2c3c(cc4ccccc42)N(C=O)CCc13. The molecule has 1 aliphatic heterocycles. The number of benzene rings is 3. The molecule has 25 heavy (non-hydrogen) atoms. The number of hydrogen-bond acceptors (Lipinski definition) is 4. The summed E-state index contributed by atoms with van der Waals surface area (Å²) in [6, 6.07) is 10.1. The van der Waals surface area contributed by atoms with Crippen LogP contribution in [-0.2, 0) is 11.2 Å². The number of nitrogens with zero attached hydrogens (tertiary/aromatic N) is 1. The Balaban J connectivity index is 2.31. The molecule has 0 spiro atoms. The van der Waals surface area contributed by atoms with Crippen LogP contribution in [0.1, 0.15) is 5.56 Å². The summed E-state index contributed by atoms with van der Waals surface area (Å²) in [6.45, 7) is 0.607. The minimum Gasteiger partial charge on any atom is -0.492 e. The Morgan fingerprint density at radius 1 is 0.960 bits per heavy atom. The largest absolute Gasteiger partial charge is 0.492 e. The van der Waals surface area contributed by atoms with Crippen molar-refractivity contribution in [1.29, 1.82) is 0 Å². The van der Waals surface area contributed by atoms with Crippen LogP contribution in [-0.4, -0.2) is 34.3 Å². The smallest absolute Gasteiger partial charge is 0.214 e. The topological polar surface area (TPSA) is 48.0 Å². The van der Waals surface area contributed by atoms with E-state index < -0.39 is 0 Å². The average Bonchev–Trinajstić information content (AvgIpc) is 2.67. The fraction of sp³-hybridized carbons (Fsp3) is 0.250. The number of hydrogen-bond donors (Lipinski definition) is 0. The zero-order chi connectivity index (χ0) is 17.6. The summed E-state index contributed by atoms with van der Waals surface area (Å²) in [6.07, 6.45) is 1.58. The van der Waals surface area contributed by atoms with E-state index in [0.29, 0.717) is 30.2 Å². The molecule has 3 aromatic carbocycles. The predicted molar refractivity (Wildman–Crippen MR) is 98.2 cm³/mol. The molecule has 4 rings (SSSR count). The number of rotatable bonds is 4. The van der Waals surface area contributed by atoms with Crippen LogP contribution in [0.5, 0.6) is 17.2 Å². The van der Waals surface area contributed by atoms with Gasteiger partial charge >= 0.3 is 0 Å². The highest BCUT2D eigenvalue weighted by atomic mass is 16.5. The number of methoxy groups -OCH3 is 3. The van der Waals surface area contributed by atoms with Gasteiger partial charge in [0, 0.05) is 22.9 Å². The summed E-state index contributed by atoms with van der Waals surface area (Å²) in [5.41, 5.74) is 1.93. The quantitative estimate of drug-likeness (QED) is 0.540. The van der Waals surface area contributed by atoms with Gasteiger partial charge in [0.2, 0.25) is 12.2 Å². The highest BCUT2D eigenvalue weighted by Gasteiger charge is 2.29. The maximum Gasteiger partial charge on any atom is 0.214 e. The fourth-order valence-electron chi connectivity index (χ4n) is 3.86. The van der Waals surface area contributed by atoms with Crippen molar-refractivity contribution in [2.24, 2.45) is 0 Å². The zero-order valence-electron chi connectivity index (χ0n) is 14.5. The molecular weight excluding hydrogens is 318 g/mol. The van der Waals surface area contributed by atoms with Gasteiger partial charge in [-0.05, 0) is 23.3 Å². The first-order chi connectivity index (χ1) is 12.2. The highest BCUT2D eigenvalue weighted by molar-refractivity contribution is 6.20. The summed E-state index contributed by atoms with van der Waals surface area (Å²) in [4.78, 5) is 13.4. The van der Waals surface area contributed by atoms with Crippen molar-refractivity contribution in [2.75, 3.05) is 32.8 Å². The van der Waals surface area contributed by atoms with E-state index in [9.17, 15) is 4.79 Å². The second-order valence-corrected chi connectivity index (χ2v) is 5.99. The first-order valence-electron chi connectivity index (χ1n) is 8.13. The number of amides is 1. The van der Waals surface area contributed by atoms with Crippen LogP contribution in [0.3, 0.4) is 0 Å². The van der Waals surface area contributed by atoms with Crippen LogP contribution in [0.4, 0.5) is 5.69 Å². The van der Waals surface area contributed by atoms with Crippen molar-refractivity contribution in [3.8, 4) is 17.2 Å². The molecule has 5 heteroatoms. The van der Waals surface area contributed by atoms with E-state index in [1.807, 2.05) is 18.2 Å². The van der Waals surface area contributed by atoms with Gasteiger partial charge < -0.3 is 19.1 Å². The molecule has 0 aliphatic carbocycles. The number of carbonyl (C=O) groups is 1. The molecule has 1 heterocycles. The maximum absolute atomic E-state index is 11.6. The number of fused-ring (bicyclic) bond motifs is 2. The van der Waals surface area contributed by atoms with Gasteiger partial charge in [-0.1, -0.05) is 24.3 Å². The molecule has 3 aromatic rings. The summed E-state index contributed by atoms with van der Waals surface area (Å²) >= 11 is 0. The Morgan fingerprint density at radius 3 is 2.36 bits per heavy atom. The van der Waals surface area contributed by atoms with Gasteiger partial charge in [-0.15, -0.1) is 0 Å². The summed E-state index contributed by atoms with van der Waals surface area (Å²) in [7, 11) is 4.87. The summed E-state index contributed by atoms with van der Waals surface area (Å²) in [5, 5.41) is 4.06. The lowest BCUT2D eigenvalue weighted by molar-refractivity contribution is -0.107. The standard InChI is InChI=1S/C20H19NO4/c1-23-18-14-8-9-21(11-22)15-10-12-6-4-5-7-13(12)17(16(14)15)19(24-2)20(18)25-3/h4-7,10-11H,8-9H2,1-3H3. The van der Waals surface area contributed by atoms with Crippen LogP contribution in [0.15, 0.2) is 30.3 Å². The van der Waals surface area contributed by atoms with Gasteiger partial charge in [0.15, 0.2) is 11.5 Å². The van der Waals surface area contributed by atoms with Crippen molar-refractivity contribution < 1.29 is 19.0 Å². The molecule has 128 valence electrons. The Kier molecular flexibility index (Phi) is 3.64. The van der Waals surface area contributed by atoms with Crippen LogP contribution in [0.25, 0.3) is 21.5 Å². The third kappa shape index (κ3) is 2.05. The van der Waals surface area contributed by atoms with Crippen molar-refractivity contribution in [1.82, 2.24) is 0 Å². The molecule has 0 atom stereocenters. The Bertz CT molecular complexity index is 996. The number of carbonyl (C=O) groups excluding carboxylic acids is 1. The van der Waals surface area contributed by atoms with E-state index in [1.165, 1.54) is 0 Å². The maximum atomic E-state index is 11.6. The highest BCUT2D eigenvalue weighted by Crippen LogP contribution is 2.52. The van der Waals surface area contributed by atoms with Crippen LogP contribution in [0, 0.1) is 0 Å². The van der Waals surface area contributed by atoms with Crippen molar-refractivity contribution in [3.63, 3.8) is 0 Å². The predicted octanol–water partition coefficient (Wildman–Crippen LogP) is 3.54. The molecule has 5 nitrogen and oxygen atoms in total. The molecule has 0 bridgehead atoms. The lowest BCUT2D eigenvalue weighted by Gasteiger charge is -2.30. The summed E-state index contributed by atoms with van der Waals surface area (Å²) < 4.78 is 17.0. The Labute approximate surface area is 145 Å². The lowest BCUT2D eigenvalue weighted by Crippen LogP contribution is -2.28. The van der Waals surface area contributed by atoms with Gasteiger partial charge in [0.05, 0.1) is 27.0 Å². The summed E-state index contributed by atoms with van der Waals surface area (Å²) in [5.74, 6) is 1.90. The molecule has 0 saturated heterocycles. The number of ether oxygens (including phenoxy) is 3. The third-order valence-electron chi connectivity index (χ3n) is 4.90. The molecule has 0 unspecified atom stereocenters. The number of anilines is 1. The second-order valence-electron chi connectivity index (χ2n) is 5.99. The molecule has 0 radical (unpaired) electrons. The van der Waals surface area contributed by atoms with E-state index in [4.69, 9.17) is 14.2 Å². The van der Waals surface area contributed by atoms with Crippen molar-refractivity contribution in [2.45, 2.75) is 6.42 Å². The zero-order valence-corrected chi connectivity index (χ0v) is 14.5. The first-order valence-corrected chi connectivity index (χ1v) is 8.13. The van der Waals surface area contributed by atoms with E-state index in [1.54, 1.807) is 26.2 Å². The molecule has 0 aromatic heterocycles. The van der Waals surface area contributed by atoms with Crippen LogP contribution < -0.4 is 19.1 Å². The van der Waals surface area contributed by atoms with Gasteiger partial charge in [-0.3, -0.25) is 4.79 Å². The van der Waals surface area contributed by atoms with Gasteiger partial charge in [-0.2, -0.15) is 0 Å². The second kappa shape index (κ2) is 5.84. The van der Waals surface area contributed by atoms with Gasteiger partial charge in [0.1, 0.15) is 0 Å². The normalized spacial score (nSPS) is 13.2. The molecular formula is C20H19NO4. The average molecular weight is 337 g/mol. The third-order valence-corrected chi connectivity index (χ3v) is 4.90. The molecule has 1 amide bonds. The Hall–Kier alpha value is -2.95. The molecule has 0 N–H and O–H groups in total. The van der Waals surface area contributed by atoms with Gasteiger partial charge in [0.25, 0.3) is 0 Å². The van der Waals surface area contributed by atoms with E-state index >= 15 is 0 Å². The van der Waals surface area contributed by atoms with Crippen molar-refractivity contribution in [3.05, 3.63) is 35.9 Å². The minimum atomic E-state index is 0.592. The Morgan fingerprint density at radius 2 is 1.68 bits per heavy atom. The molecule has 1 aliphatic rings. The van der Waals surface area contributed by atoms with E-state index in [2.05, 4.69) is 12.1 Å². The van der Waals surface area contributed by atoms with Gasteiger partial charge in [-0.25, -0.2) is 0 Å².